The van der Waals surface area contributed by atoms with Crippen molar-refractivity contribution in [2.45, 2.75) is 38.3 Å². The normalized spacial score (nSPS) is 19.6. The number of nitrogens with zero attached hydrogens (tertiary/aromatic N) is 3. The topological polar surface area (TPSA) is 42.7 Å². The fourth-order valence-electron chi connectivity index (χ4n) is 2.73. The Bertz CT molecular complexity index is 581. The van der Waals surface area contributed by atoms with Gasteiger partial charge in [0.15, 0.2) is 0 Å². The van der Waals surface area contributed by atoms with Crippen molar-refractivity contribution in [1.82, 2.24) is 20.1 Å². The number of hydrogen-bond donors (Lipinski definition) is 1. The quantitative estimate of drug-likeness (QED) is 0.940. The van der Waals surface area contributed by atoms with Gasteiger partial charge in [-0.1, -0.05) is 30.7 Å². The molecule has 0 saturated carbocycles. The largest absolute Gasteiger partial charge is 0.307 e. The summed E-state index contributed by atoms with van der Waals surface area (Å²) >= 11 is 6.05. The number of benzene rings is 1. The molecule has 0 spiro atoms. The maximum Gasteiger partial charge on any atom is 0.143 e. The van der Waals surface area contributed by atoms with Gasteiger partial charge in [-0.05, 0) is 36.5 Å². The molecule has 1 N–H and O–H groups in total. The molecule has 0 aliphatic carbocycles. The second-order valence-electron chi connectivity index (χ2n) is 5.40. The second kappa shape index (κ2) is 5.94. The summed E-state index contributed by atoms with van der Waals surface area (Å²) in [6.07, 6.45) is 3.93. The number of fused-ring (bicyclic) bond motifs is 1. The molecule has 20 heavy (non-hydrogen) atoms. The van der Waals surface area contributed by atoms with E-state index in [9.17, 15) is 0 Å². The third-order valence-electron chi connectivity index (χ3n) is 3.91. The minimum absolute atomic E-state index is 0.313. The van der Waals surface area contributed by atoms with Crippen LogP contribution in [0.25, 0.3) is 0 Å². The van der Waals surface area contributed by atoms with Gasteiger partial charge < -0.3 is 5.32 Å². The van der Waals surface area contributed by atoms with Crippen molar-refractivity contribution in [2.24, 2.45) is 0 Å². The van der Waals surface area contributed by atoms with Gasteiger partial charge in [-0.3, -0.25) is 0 Å². The summed E-state index contributed by atoms with van der Waals surface area (Å²) in [5.74, 6) is 1.49. The summed E-state index contributed by atoms with van der Waals surface area (Å²) in [7, 11) is 0. The Kier molecular flexibility index (Phi) is 4.03. The van der Waals surface area contributed by atoms with E-state index >= 15 is 0 Å². The molecule has 1 aliphatic rings. The van der Waals surface area contributed by atoms with Gasteiger partial charge >= 0.3 is 0 Å². The van der Waals surface area contributed by atoms with Crippen molar-refractivity contribution in [3.8, 4) is 0 Å². The fourth-order valence-corrected chi connectivity index (χ4v) is 2.93. The van der Waals surface area contributed by atoms with Gasteiger partial charge in [0.05, 0.1) is 6.04 Å². The van der Waals surface area contributed by atoms with Gasteiger partial charge in [0.25, 0.3) is 0 Å². The first-order chi connectivity index (χ1) is 9.74. The molecule has 2 unspecified atom stereocenters. The van der Waals surface area contributed by atoms with Crippen LogP contribution in [0.4, 0.5) is 0 Å². The lowest BCUT2D eigenvalue weighted by molar-refractivity contribution is 0.362. The smallest absolute Gasteiger partial charge is 0.143 e. The molecule has 0 radical (unpaired) electrons. The summed E-state index contributed by atoms with van der Waals surface area (Å²) in [4.78, 5) is 4.37. The Hall–Kier alpha value is -1.39. The Labute approximate surface area is 124 Å². The van der Waals surface area contributed by atoms with Crippen LogP contribution >= 0.6 is 11.6 Å². The van der Waals surface area contributed by atoms with Crippen LogP contribution in [0, 0.1) is 0 Å². The summed E-state index contributed by atoms with van der Waals surface area (Å²) < 4.78 is 2.01. The lowest BCUT2D eigenvalue weighted by Gasteiger charge is -2.25. The predicted octanol–water partition coefficient (Wildman–Crippen LogP) is 3.16. The molecule has 3 rings (SSSR count). The monoisotopic (exact) mass is 290 g/mol. The van der Waals surface area contributed by atoms with Crippen LogP contribution in [0.3, 0.4) is 0 Å². The van der Waals surface area contributed by atoms with E-state index in [4.69, 9.17) is 11.6 Å². The minimum atomic E-state index is 0.313. The lowest BCUT2D eigenvalue weighted by atomic mass is 10.00. The Morgan fingerprint density at radius 3 is 3.25 bits per heavy atom. The van der Waals surface area contributed by atoms with Crippen molar-refractivity contribution >= 4 is 11.6 Å². The molecular weight excluding hydrogens is 272 g/mol. The lowest BCUT2D eigenvalue weighted by Crippen LogP contribution is -2.31. The predicted molar refractivity (Wildman–Crippen MR) is 79.9 cm³/mol. The van der Waals surface area contributed by atoms with Crippen LogP contribution < -0.4 is 5.32 Å². The Balaban J connectivity index is 1.63. The zero-order valence-electron chi connectivity index (χ0n) is 11.6. The van der Waals surface area contributed by atoms with Crippen LogP contribution in [-0.2, 0) is 6.54 Å². The number of halogens is 1. The number of hydrogen-bond acceptors (Lipinski definition) is 3. The molecule has 2 atom stereocenters. The SMILES string of the molecule is CC(CNC1CCCn2ncnc21)c1cccc(Cl)c1. The third kappa shape index (κ3) is 2.86. The summed E-state index contributed by atoms with van der Waals surface area (Å²) in [5, 5.41) is 8.67. The standard InChI is InChI=1S/C15H19ClN4/c1-11(12-4-2-5-13(16)8-12)9-17-14-6-3-7-20-15(14)18-10-19-20/h2,4-5,8,10-11,14,17H,3,6-7,9H2,1H3. The molecule has 5 heteroatoms. The number of rotatable bonds is 4. The molecule has 106 valence electrons. The van der Waals surface area contributed by atoms with Gasteiger partial charge in [0.1, 0.15) is 12.2 Å². The summed E-state index contributed by atoms with van der Waals surface area (Å²) in [5.41, 5.74) is 1.27. The molecule has 2 heterocycles. The van der Waals surface area contributed by atoms with Crippen LogP contribution in [0.2, 0.25) is 5.02 Å². The van der Waals surface area contributed by atoms with E-state index in [1.54, 1.807) is 6.33 Å². The fraction of sp³-hybridized carbons (Fsp3) is 0.467. The Morgan fingerprint density at radius 1 is 1.50 bits per heavy atom. The van der Waals surface area contributed by atoms with Crippen LogP contribution in [0.5, 0.6) is 0 Å². The highest BCUT2D eigenvalue weighted by Crippen LogP contribution is 2.24. The zero-order valence-corrected chi connectivity index (χ0v) is 12.3. The number of nitrogens with one attached hydrogen (secondary N) is 1. The van der Waals surface area contributed by atoms with E-state index in [-0.39, 0.29) is 0 Å². The average molecular weight is 291 g/mol. The highest BCUT2D eigenvalue weighted by atomic mass is 35.5. The van der Waals surface area contributed by atoms with E-state index in [1.165, 1.54) is 5.56 Å². The van der Waals surface area contributed by atoms with Gasteiger partial charge in [-0.15, -0.1) is 0 Å². The van der Waals surface area contributed by atoms with Crippen molar-refractivity contribution in [3.63, 3.8) is 0 Å². The van der Waals surface area contributed by atoms with Gasteiger partial charge in [-0.2, -0.15) is 5.10 Å². The van der Waals surface area contributed by atoms with Crippen molar-refractivity contribution in [1.29, 1.82) is 0 Å². The highest BCUT2D eigenvalue weighted by molar-refractivity contribution is 6.30. The molecule has 0 fully saturated rings. The number of aromatic nitrogens is 3. The zero-order chi connectivity index (χ0) is 13.9. The first-order valence-electron chi connectivity index (χ1n) is 7.10. The van der Waals surface area contributed by atoms with E-state index in [2.05, 4.69) is 28.4 Å². The highest BCUT2D eigenvalue weighted by Gasteiger charge is 2.22. The molecule has 1 aromatic carbocycles. The van der Waals surface area contributed by atoms with Gasteiger partial charge in [0.2, 0.25) is 0 Å². The molecular formula is C15H19ClN4. The molecule has 1 aliphatic heterocycles. The van der Waals surface area contributed by atoms with Crippen molar-refractivity contribution in [3.05, 3.63) is 47.0 Å². The van der Waals surface area contributed by atoms with Gasteiger partial charge in [0, 0.05) is 18.1 Å². The van der Waals surface area contributed by atoms with E-state index in [0.29, 0.717) is 12.0 Å². The van der Waals surface area contributed by atoms with Crippen LogP contribution in [0.15, 0.2) is 30.6 Å². The summed E-state index contributed by atoms with van der Waals surface area (Å²) in [6.45, 7) is 4.11. The average Bonchev–Trinajstić information content (AvgIpc) is 2.93. The van der Waals surface area contributed by atoms with E-state index in [0.717, 1.165) is 36.8 Å². The van der Waals surface area contributed by atoms with Crippen molar-refractivity contribution in [2.75, 3.05) is 6.54 Å². The molecule has 1 aromatic heterocycles. The Morgan fingerprint density at radius 2 is 2.40 bits per heavy atom. The molecule has 0 amide bonds. The maximum atomic E-state index is 6.05. The van der Waals surface area contributed by atoms with Crippen LogP contribution in [-0.4, -0.2) is 21.3 Å². The first kappa shape index (κ1) is 13.6. The minimum Gasteiger partial charge on any atom is -0.307 e. The second-order valence-corrected chi connectivity index (χ2v) is 5.84. The molecule has 2 aromatic rings. The van der Waals surface area contributed by atoms with Gasteiger partial charge in [-0.25, -0.2) is 9.67 Å². The maximum absolute atomic E-state index is 6.05. The first-order valence-corrected chi connectivity index (χ1v) is 7.48. The molecule has 0 bridgehead atoms. The van der Waals surface area contributed by atoms with E-state index in [1.807, 2.05) is 22.9 Å². The molecule has 0 saturated heterocycles. The summed E-state index contributed by atoms with van der Waals surface area (Å²) in [6, 6.07) is 8.40. The van der Waals surface area contributed by atoms with E-state index < -0.39 is 0 Å². The number of aryl methyl sites for hydroxylation is 1. The van der Waals surface area contributed by atoms with Crippen LogP contribution in [0.1, 0.15) is 43.1 Å². The van der Waals surface area contributed by atoms with Crippen molar-refractivity contribution < 1.29 is 0 Å². The third-order valence-corrected chi connectivity index (χ3v) is 4.14. The molecule has 4 nitrogen and oxygen atoms in total.